The van der Waals surface area contributed by atoms with Gasteiger partial charge in [0.1, 0.15) is 12.3 Å². The van der Waals surface area contributed by atoms with E-state index in [9.17, 15) is 0 Å². The van der Waals surface area contributed by atoms with E-state index in [-0.39, 0.29) is 0 Å². The minimum Gasteiger partial charge on any atom is -0.455 e. The molecule has 2 N–H and O–H groups in total. The van der Waals surface area contributed by atoms with Crippen molar-refractivity contribution in [2.24, 2.45) is 0 Å². The lowest BCUT2D eigenvalue weighted by molar-refractivity contribution is -0.685. The van der Waals surface area contributed by atoms with Gasteiger partial charge >= 0.3 is 0 Å². The summed E-state index contributed by atoms with van der Waals surface area (Å²) in [7, 11) is 0. The molecule has 0 unspecified atom stereocenters. The molecule has 1 aliphatic rings. The van der Waals surface area contributed by atoms with Crippen molar-refractivity contribution >= 4 is 23.2 Å². The van der Waals surface area contributed by atoms with Crippen LogP contribution in [0.2, 0.25) is 10.0 Å². The zero-order valence-electron chi connectivity index (χ0n) is 9.83. The van der Waals surface area contributed by atoms with Crippen molar-refractivity contribution in [1.82, 2.24) is 0 Å². The smallest absolute Gasteiger partial charge is 0.158 e. The fourth-order valence-corrected chi connectivity index (χ4v) is 2.32. The third-order valence-corrected chi connectivity index (χ3v) is 3.69. The molecular formula is C14H14Cl2NO+. The summed E-state index contributed by atoms with van der Waals surface area (Å²) in [5.41, 5.74) is 0.849. The molecule has 0 aliphatic heterocycles. The van der Waals surface area contributed by atoms with Crippen LogP contribution in [0.5, 0.6) is 0 Å². The van der Waals surface area contributed by atoms with E-state index in [0.717, 1.165) is 29.7 Å². The molecule has 2 aromatic rings. The van der Waals surface area contributed by atoms with Crippen LogP contribution in [0.3, 0.4) is 0 Å². The molecular weight excluding hydrogens is 269 g/mol. The van der Waals surface area contributed by atoms with Crippen LogP contribution in [-0.4, -0.2) is 6.04 Å². The van der Waals surface area contributed by atoms with Crippen molar-refractivity contribution < 1.29 is 9.73 Å². The SMILES string of the molecule is Clc1ccc(Cl)c(-c2ccc(C[NH2+]C3CC3)o2)c1. The molecule has 1 aromatic carbocycles. The molecule has 1 saturated carbocycles. The first-order valence-corrected chi connectivity index (χ1v) is 6.85. The van der Waals surface area contributed by atoms with Gasteiger partial charge in [-0.1, -0.05) is 23.2 Å². The molecule has 1 aliphatic carbocycles. The minimum absolute atomic E-state index is 0.659. The fourth-order valence-electron chi connectivity index (χ4n) is 1.93. The molecule has 1 heterocycles. The molecule has 2 nitrogen and oxygen atoms in total. The van der Waals surface area contributed by atoms with Gasteiger partial charge < -0.3 is 9.73 Å². The fraction of sp³-hybridized carbons (Fsp3) is 0.286. The molecule has 0 bridgehead atoms. The van der Waals surface area contributed by atoms with Crippen LogP contribution in [-0.2, 0) is 6.54 Å². The van der Waals surface area contributed by atoms with Gasteiger partial charge in [0.2, 0.25) is 0 Å². The summed E-state index contributed by atoms with van der Waals surface area (Å²) < 4.78 is 5.81. The Bertz CT molecular complexity index is 561. The summed E-state index contributed by atoms with van der Waals surface area (Å²) in [5.74, 6) is 1.76. The van der Waals surface area contributed by atoms with Crippen LogP contribution >= 0.6 is 23.2 Å². The Labute approximate surface area is 116 Å². The quantitative estimate of drug-likeness (QED) is 0.914. The molecule has 4 heteroatoms. The van der Waals surface area contributed by atoms with E-state index in [1.54, 1.807) is 12.1 Å². The Morgan fingerprint density at radius 3 is 2.78 bits per heavy atom. The van der Waals surface area contributed by atoms with Gasteiger partial charge in [-0.05, 0) is 30.3 Å². The molecule has 0 atom stereocenters. The third-order valence-electron chi connectivity index (χ3n) is 3.13. The van der Waals surface area contributed by atoms with Gasteiger partial charge in [0.15, 0.2) is 5.76 Å². The van der Waals surface area contributed by atoms with Crippen LogP contribution in [0.4, 0.5) is 0 Å². The summed E-state index contributed by atoms with van der Waals surface area (Å²) in [4.78, 5) is 0. The highest BCUT2D eigenvalue weighted by Gasteiger charge is 2.25. The van der Waals surface area contributed by atoms with E-state index in [1.807, 2.05) is 18.2 Å². The first-order chi connectivity index (χ1) is 8.72. The van der Waals surface area contributed by atoms with Crippen LogP contribution in [0, 0.1) is 0 Å². The minimum atomic E-state index is 0.659. The summed E-state index contributed by atoms with van der Waals surface area (Å²) in [6, 6.07) is 10.2. The molecule has 94 valence electrons. The highest BCUT2D eigenvalue weighted by molar-refractivity contribution is 6.35. The molecule has 0 saturated heterocycles. The van der Waals surface area contributed by atoms with Gasteiger partial charge in [0.05, 0.1) is 11.1 Å². The van der Waals surface area contributed by atoms with Crippen molar-refractivity contribution in [3.8, 4) is 11.3 Å². The van der Waals surface area contributed by atoms with E-state index < -0.39 is 0 Å². The highest BCUT2D eigenvalue weighted by atomic mass is 35.5. The second-order valence-corrected chi connectivity index (χ2v) is 5.51. The standard InChI is InChI=1S/C14H13Cl2NO/c15-9-1-5-13(16)12(7-9)14-6-4-11(18-14)8-17-10-2-3-10/h1,4-7,10,17H,2-3,8H2/p+1. The Hall–Kier alpha value is -0.960. The van der Waals surface area contributed by atoms with Crippen LogP contribution in [0.15, 0.2) is 34.7 Å². The van der Waals surface area contributed by atoms with Gasteiger partial charge in [-0.15, -0.1) is 0 Å². The maximum Gasteiger partial charge on any atom is 0.158 e. The summed E-state index contributed by atoms with van der Waals surface area (Å²) >= 11 is 12.1. The van der Waals surface area contributed by atoms with E-state index in [4.69, 9.17) is 27.6 Å². The largest absolute Gasteiger partial charge is 0.455 e. The summed E-state index contributed by atoms with van der Waals surface area (Å²) in [6.07, 6.45) is 2.65. The molecule has 18 heavy (non-hydrogen) atoms. The number of halogens is 2. The Morgan fingerprint density at radius 2 is 2.00 bits per heavy atom. The molecule has 0 spiro atoms. The lowest BCUT2D eigenvalue weighted by Gasteiger charge is -2.01. The molecule has 3 rings (SSSR count). The van der Waals surface area contributed by atoms with Gasteiger partial charge in [0, 0.05) is 23.4 Å². The number of hydrogen-bond donors (Lipinski definition) is 1. The van der Waals surface area contributed by atoms with Crippen molar-refractivity contribution in [3.05, 3.63) is 46.1 Å². The Balaban J connectivity index is 1.80. The number of furan rings is 1. The van der Waals surface area contributed by atoms with Gasteiger partial charge in [-0.2, -0.15) is 0 Å². The van der Waals surface area contributed by atoms with E-state index in [0.29, 0.717) is 10.0 Å². The second kappa shape index (κ2) is 4.96. The third kappa shape index (κ3) is 2.72. The zero-order chi connectivity index (χ0) is 12.5. The molecule has 0 amide bonds. The lowest BCUT2D eigenvalue weighted by atomic mass is 10.2. The molecule has 1 fully saturated rings. The van der Waals surface area contributed by atoms with Crippen LogP contribution in [0.25, 0.3) is 11.3 Å². The molecule has 1 aromatic heterocycles. The van der Waals surface area contributed by atoms with Gasteiger partial charge in [-0.25, -0.2) is 0 Å². The number of hydrogen-bond acceptors (Lipinski definition) is 1. The monoisotopic (exact) mass is 282 g/mol. The average molecular weight is 283 g/mol. The average Bonchev–Trinajstić information content (AvgIpc) is 3.08. The second-order valence-electron chi connectivity index (χ2n) is 4.67. The summed E-state index contributed by atoms with van der Waals surface area (Å²) in [6.45, 7) is 0.892. The van der Waals surface area contributed by atoms with Gasteiger partial charge in [0.25, 0.3) is 0 Å². The van der Waals surface area contributed by atoms with E-state index in [2.05, 4.69) is 5.32 Å². The van der Waals surface area contributed by atoms with Crippen molar-refractivity contribution in [2.75, 3.05) is 0 Å². The maximum atomic E-state index is 6.15. The van der Waals surface area contributed by atoms with Crippen molar-refractivity contribution in [1.29, 1.82) is 0 Å². The predicted molar refractivity (Wildman–Crippen MR) is 72.8 cm³/mol. The predicted octanol–water partition coefficient (Wildman–Crippen LogP) is 3.48. The molecule has 0 radical (unpaired) electrons. The topological polar surface area (TPSA) is 29.8 Å². The van der Waals surface area contributed by atoms with Gasteiger partial charge in [-0.3, -0.25) is 0 Å². The number of nitrogens with two attached hydrogens (primary N) is 1. The number of rotatable bonds is 4. The maximum absolute atomic E-state index is 6.15. The number of quaternary nitrogens is 1. The Kier molecular flexibility index (Phi) is 3.33. The van der Waals surface area contributed by atoms with Crippen molar-refractivity contribution in [3.63, 3.8) is 0 Å². The summed E-state index contributed by atoms with van der Waals surface area (Å²) in [5, 5.41) is 3.64. The van der Waals surface area contributed by atoms with Crippen LogP contribution < -0.4 is 5.32 Å². The normalized spacial score (nSPS) is 15.0. The first kappa shape index (κ1) is 12.1. The van der Waals surface area contributed by atoms with E-state index in [1.165, 1.54) is 12.8 Å². The Morgan fingerprint density at radius 1 is 1.17 bits per heavy atom. The van der Waals surface area contributed by atoms with Crippen molar-refractivity contribution in [2.45, 2.75) is 25.4 Å². The number of benzene rings is 1. The van der Waals surface area contributed by atoms with Crippen LogP contribution in [0.1, 0.15) is 18.6 Å². The van der Waals surface area contributed by atoms with E-state index >= 15 is 0 Å². The lowest BCUT2D eigenvalue weighted by Crippen LogP contribution is -2.84. The highest BCUT2D eigenvalue weighted by Crippen LogP contribution is 2.31. The zero-order valence-corrected chi connectivity index (χ0v) is 11.3. The first-order valence-electron chi connectivity index (χ1n) is 6.10.